The summed E-state index contributed by atoms with van der Waals surface area (Å²) in [6, 6.07) is 98.2. The number of nitrogens with zero attached hydrogens (tertiary/aromatic N) is 5. The molecule has 98 heavy (non-hydrogen) atoms. The monoisotopic (exact) mass is 1450 g/mol. The van der Waals surface area contributed by atoms with Crippen molar-refractivity contribution in [2.24, 2.45) is 0 Å². The van der Waals surface area contributed by atoms with Crippen molar-refractivity contribution in [3.8, 4) is 90.0 Å². The van der Waals surface area contributed by atoms with Crippen molar-refractivity contribution in [1.82, 2.24) is 18.7 Å². The number of imidazole rings is 1. The van der Waals surface area contributed by atoms with Crippen molar-refractivity contribution < 1.29 is 34.8 Å². The van der Waals surface area contributed by atoms with Crippen LogP contribution in [0.5, 0.6) is 11.5 Å². The van der Waals surface area contributed by atoms with Gasteiger partial charge in [-0.25, -0.2) is 4.98 Å². The summed E-state index contributed by atoms with van der Waals surface area (Å²) in [6.07, 6.45) is 6.07. The third kappa shape index (κ3) is 9.87. The van der Waals surface area contributed by atoms with E-state index in [0.29, 0.717) is 11.5 Å². The first kappa shape index (κ1) is 60.8. The average molecular weight is 1450 g/mol. The normalized spacial score (nSPS) is 12.5. The Kier molecular flexibility index (Phi) is 14.0. The summed E-state index contributed by atoms with van der Waals surface area (Å²) in [7, 11) is 0. The van der Waals surface area contributed by atoms with Gasteiger partial charge < -0.3 is 22.9 Å². The fourth-order valence-electron chi connectivity index (χ4n) is 14.9. The molecule has 0 bridgehead atoms. The van der Waals surface area contributed by atoms with Gasteiger partial charge in [0, 0.05) is 71.5 Å². The van der Waals surface area contributed by atoms with Gasteiger partial charge in [0.2, 0.25) is 0 Å². The molecule has 0 aliphatic carbocycles. The van der Waals surface area contributed by atoms with E-state index in [4.69, 9.17) is 14.1 Å². The SMILES string of the molecule is CC(C)(C)c1cc(-c2cccc3c2-[n+]2[c-]n(-c4[c-]c(Oc5[c-]c6c(cc5)c5ccccc5n6-c5cc(C(C)(C)C)ccn5)ccc4)c4cc(-c5ccc6oc7ccccc7c6c5)cc(c42)-c2ccccc2-c2ccc(-n4c5ccccc5c5ccccc54)cc2-3)cc(C(C)(C)C)c1.[Pt]. The number of furan rings is 1. The first-order valence-corrected chi connectivity index (χ1v) is 33.6. The summed E-state index contributed by atoms with van der Waals surface area (Å²) in [4.78, 5) is 4.97. The quantitative estimate of drug-likeness (QED) is 0.118. The Hall–Kier alpha value is -10.9. The molecule has 5 aromatic heterocycles. The van der Waals surface area contributed by atoms with E-state index in [0.717, 1.165) is 144 Å². The number of ether oxygens (including phenoxy) is 1. The maximum atomic E-state index is 7.01. The Morgan fingerprint density at radius 3 is 1.69 bits per heavy atom. The van der Waals surface area contributed by atoms with E-state index in [1.165, 1.54) is 27.5 Å². The molecule has 7 nitrogen and oxygen atoms in total. The van der Waals surface area contributed by atoms with Crippen LogP contribution in [0.4, 0.5) is 0 Å². The van der Waals surface area contributed by atoms with Crippen LogP contribution in [0, 0.1) is 18.5 Å². The molecule has 0 atom stereocenters. The summed E-state index contributed by atoms with van der Waals surface area (Å²) in [5, 5.41) is 6.75. The molecule has 0 saturated carbocycles. The second-order valence-corrected chi connectivity index (χ2v) is 29.2. The van der Waals surface area contributed by atoms with Crippen LogP contribution >= 0.6 is 0 Å². The van der Waals surface area contributed by atoms with Gasteiger partial charge in [-0.1, -0.05) is 219 Å². The molecule has 17 aromatic rings. The number of pyridine rings is 1. The van der Waals surface area contributed by atoms with Crippen molar-refractivity contribution in [1.29, 1.82) is 0 Å². The van der Waals surface area contributed by atoms with Gasteiger partial charge in [0.1, 0.15) is 17.0 Å². The van der Waals surface area contributed by atoms with Gasteiger partial charge in [0.15, 0.2) is 0 Å². The predicted octanol–water partition coefficient (Wildman–Crippen LogP) is 23.1. The Balaban J connectivity index is 0.00000722. The Morgan fingerprint density at radius 2 is 0.980 bits per heavy atom. The summed E-state index contributed by atoms with van der Waals surface area (Å²) in [5.74, 6) is 1.92. The van der Waals surface area contributed by atoms with Crippen LogP contribution < -0.4 is 9.30 Å². The molecule has 18 rings (SSSR count). The number of para-hydroxylation sites is 5. The first-order valence-electron chi connectivity index (χ1n) is 33.6. The first-order chi connectivity index (χ1) is 47.0. The van der Waals surface area contributed by atoms with Crippen LogP contribution in [0.15, 0.2) is 259 Å². The number of fused-ring (bicyclic) bond motifs is 16. The molecule has 0 amide bonds. The zero-order chi connectivity index (χ0) is 65.8. The van der Waals surface area contributed by atoms with Crippen LogP contribution in [0.25, 0.3) is 155 Å². The Labute approximate surface area is 584 Å². The van der Waals surface area contributed by atoms with Crippen LogP contribution in [-0.2, 0) is 37.3 Å². The molecule has 478 valence electrons. The zero-order valence-corrected chi connectivity index (χ0v) is 58.4. The minimum absolute atomic E-state index is 0. The van der Waals surface area contributed by atoms with Gasteiger partial charge in [0.05, 0.1) is 27.8 Å². The molecule has 0 unspecified atom stereocenters. The summed E-state index contributed by atoms with van der Waals surface area (Å²) >= 11 is 0. The van der Waals surface area contributed by atoms with Gasteiger partial charge in [0.25, 0.3) is 6.33 Å². The zero-order valence-electron chi connectivity index (χ0n) is 56.1. The van der Waals surface area contributed by atoms with Gasteiger partial charge in [-0.15, -0.1) is 29.7 Å². The van der Waals surface area contributed by atoms with Crippen molar-refractivity contribution in [2.75, 3.05) is 0 Å². The second-order valence-electron chi connectivity index (χ2n) is 29.2. The molecule has 0 radical (unpaired) electrons. The van der Waals surface area contributed by atoms with E-state index >= 15 is 0 Å². The third-order valence-electron chi connectivity index (χ3n) is 20.0. The number of hydrogen-bond acceptors (Lipinski definition) is 3. The van der Waals surface area contributed by atoms with E-state index in [2.05, 4.69) is 323 Å². The van der Waals surface area contributed by atoms with Gasteiger partial charge in [-0.2, -0.15) is 18.2 Å². The van der Waals surface area contributed by atoms with Gasteiger partial charge >= 0.3 is 0 Å². The Morgan fingerprint density at radius 1 is 0.388 bits per heavy atom. The molecule has 0 N–H and O–H groups in total. The van der Waals surface area contributed by atoms with Crippen LogP contribution in [0.3, 0.4) is 0 Å². The van der Waals surface area contributed by atoms with Crippen molar-refractivity contribution in [3.05, 3.63) is 290 Å². The van der Waals surface area contributed by atoms with Crippen LogP contribution in [0.1, 0.15) is 79.0 Å². The fourth-order valence-corrected chi connectivity index (χ4v) is 14.9. The smallest absolute Gasteiger partial charge is 0.268 e. The second kappa shape index (κ2) is 22.6. The minimum atomic E-state index is -0.146. The maximum Gasteiger partial charge on any atom is 0.268 e. The number of rotatable bonds is 7. The molecule has 12 aromatic carbocycles. The molecule has 0 spiro atoms. The average Bonchev–Trinajstić information content (AvgIpc) is 1.54. The summed E-state index contributed by atoms with van der Waals surface area (Å²) in [5.41, 5.74) is 25.0. The number of hydrogen-bond donors (Lipinski definition) is 0. The maximum absolute atomic E-state index is 7.01. The van der Waals surface area contributed by atoms with E-state index in [-0.39, 0.29) is 37.3 Å². The number of aromatic nitrogens is 5. The van der Waals surface area contributed by atoms with Crippen LogP contribution in [-0.4, -0.2) is 18.7 Å². The van der Waals surface area contributed by atoms with Crippen molar-refractivity contribution in [2.45, 2.75) is 78.6 Å². The van der Waals surface area contributed by atoms with Crippen LogP contribution in [0.2, 0.25) is 0 Å². The largest absolute Gasteiger partial charge is 0.510 e. The van der Waals surface area contributed by atoms with E-state index in [1.807, 2.05) is 30.5 Å². The van der Waals surface area contributed by atoms with Gasteiger partial charge in [-0.05, 0) is 166 Å². The van der Waals surface area contributed by atoms with E-state index in [9.17, 15) is 0 Å². The summed E-state index contributed by atoms with van der Waals surface area (Å²) < 4.78 is 22.7. The molecular formula is C90H69N5O2Pt-2. The van der Waals surface area contributed by atoms with E-state index < -0.39 is 0 Å². The molecule has 1 aliphatic rings. The summed E-state index contributed by atoms with van der Waals surface area (Å²) in [6.45, 7) is 20.6. The van der Waals surface area contributed by atoms with Crippen molar-refractivity contribution in [3.63, 3.8) is 0 Å². The molecule has 0 fully saturated rings. The minimum Gasteiger partial charge on any atom is -0.510 e. The number of benzene rings is 12. The standard InChI is InChI=1S/C90H69N5O2.Pt/c1-88(2,3)58-42-43-91-85(50-58)95-80-34-18-14-28-71(80)72-40-38-64(53-81(72)95)96-63-23-20-22-61(51-63)92-54-93-86-65(57-44-59(89(4,5)6)49-60(45-57)90(7,8)9)30-21-31-74(86)75-52-62(94-78-32-16-12-26-69(78)70-27-13-17-33-79(70)94)37-39-68(75)66-24-10-11-25-67(66)77-47-56(48-82(92)87(77)93)55-36-41-84-76(46-55)73-29-15-19-35-83(73)97-84;/h10-50,52H,1-9H3;/q-2;. The molecule has 0 saturated heterocycles. The van der Waals surface area contributed by atoms with Gasteiger partial charge in [-0.3, -0.25) is 4.57 Å². The topological polar surface area (TPSA) is 53.9 Å². The van der Waals surface area contributed by atoms with Crippen molar-refractivity contribution >= 4 is 76.6 Å². The Bertz CT molecular complexity index is 6050. The predicted molar refractivity (Wildman–Crippen MR) is 398 cm³/mol. The molecule has 8 heteroatoms. The fraction of sp³-hybridized carbons (Fsp3) is 0.133. The molecule has 1 aliphatic heterocycles. The van der Waals surface area contributed by atoms with E-state index in [1.54, 1.807) is 0 Å². The third-order valence-corrected chi connectivity index (χ3v) is 20.0. The molecule has 6 heterocycles. The molecular weight excluding hydrogens is 1380 g/mol.